The Labute approximate surface area is 122 Å². The Kier molecular flexibility index (Phi) is 3.87. The van der Waals surface area contributed by atoms with Gasteiger partial charge in [0.1, 0.15) is 5.76 Å². The van der Waals surface area contributed by atoms with Crippen molar-refractivity contribution in [1.82, 2.24) is 10.1 Å². The Hall–Kier alpha value is -1.62. The molecule has 1 saturated heterocycles. The van der Waals surface area contributed by atoms with Crippen molar-refractivity contribution in [2.45, 2.75) is 38.6 Å². The van der Waals surface area contributed by atoms with E-state index < -0.39 is 0 Å². The average Bonchev–Trinajstić information content (AvgIpc) is 3.19. The second kappa shape index (κ2) is 5.79. The van der Waals surface area contributed by atoms with Crippen molar-refractivity contribution in [2.24, 2.45) is 0 Å². The Bertz CT molecular complexity index is 576. The zero-order valence-corrected chi connectivity index (χ0v) is 12.4. The fourth-order valence-corrected chi connectivity index (χ4v) is 3.59. The predicted octanol–water partition coefficient (Wildman–Crippen LogP) is 3.67. The van der Waals surface area contributed by atoms with Crippen molar-refractivity contribution in [3.05, 3.63) is 39.9 Å². The molecule has 3 heterocycles. The van der Waals surface area contributed by atoms with E-state index in [2.05, 4.69) is 23.5 Å². The normalized spacial score (nSPS) is 18.6. The molecule has 1 fully saturated rings. The second-order valence-electron chi connectivity index (χ2n) is 5.10. The molecular weight excluding hydrogens is 272 g/mol. The van der Waals surface area contributed by atoms with Crippen LogP contribution in [0.5, 0.6) is 0 Å². The number of hydrogen-bond donors (Lipinski definition) is 0. The summed E-state index contributed by atoms with van der Waals surface area (Å²) in [6, 6.07) is 6.13. The van der Waals surface area contributed by atoms with Crippen LogP contribution in [-0.2, 0) is 6.42 Å². The van der Waals surface area contributed by atoms with Crippen LogP contribution in [-0.4, -0.2) is 22.5 Å². The molecule has 0 aliphatic carbocycles. The minimum absolute atomic E-state index is 0.00740. The molecule has 2 aromatic rings. The van der Waals surface area contributed by atoms with Crippen molar-refractivity contribution in [3.8, 4) is 0 Å². The number of nitrogens with zero attached hydrogens (tertiary/aromatic N) is 2. The zero-order valence-electron chi connectivity index (χ0n) is 11.5. The van der Waals surface area contributed by atoms with E-state index in [4.69, 9.17) is 4.52 Å². The summed E-state index contributed by atoms with van der Waals surface area (Å²) in [6.07, 6.45) is 3.90. The summed E-state index contributed by atoms with van der Waals surface area (Å²) in [7, 11) is 0. The van der Waals surface area contributed by atoms with Gasteiger partial charge in [0.05, 0.1) is 6.04 Å². The molecule has 1 aliphatic heterocycles. The van der Waals surface area contributed by atoms with Crippen molar-refractivity contribution in [2.75, 3.05) is 6.54 Å². The van der Waals surface area contributed by atoms with Crippen LogP contribution in [0.15, 0.2) is 28.1 Å². The van der Waals surface area contributed by atoms with Gasteiger partial charge in [-0.15, -0.1) is 11.3 Å². The Morgan fingerprint density at radius 3 is 3.25 bits per heavy atom. The van der Waals surface area contributed by atoms with Gasteiger partial charge in [-0.3, -0.25) is 4.79 Å². The van der Waals surface area contributed by atoms with Crippen molar-refractivity contribution >= 4 is 17.2 Å². The van der Waals surface area contributed by atoms with E-state index in [1.165, 1.54) is 4.88 Å². The third-order valence-electron chi connectivity index (χ3n) is 3.66. The summed E-state index contributed by atoms with van der Waals surface area (Å²) in [6.45, 7) is 2.88. The van der Waals surface area contributed by atoms with Crippen LogP contribution >= 0.6 is 11.3 Å². The first-order valence-corrected chi connectivity index (χ1v) is 7.97. The molecule has 0 unspecified atom stereocenters. The molecule has 2 aromatic heterocycles. The van der Waals surface area contributed by atoms with Crippen LogP contribution in [0.25, 0.3) is 0 Å². The van der Waals surface area contributed by atoms with Gasteiger partial charge >= 0.3 is 0 Å². The lowest BCUT2D eigenvalue weighted by molar-refractivity contribution is 0.0727. The lowest BCUT2D eigenvalue weighted by atomic mass is 10.2. The zero-order chi connectivity index (χ0) is 13.9. The first-order chi connectivity index (χ1) is 9.79. The first kappa shape index (κ1) is 13.4. The van der Waals surface area contributed by atoms with E-state index in [-0.39, 0.29) is 11.9 Å². The number of aryl methyl sites for hydroxylation is 1. The standard InChI is InChI=1S/C15H18N2O2S/c1-2-5-11-10-12(16-19-11)15(18)17-8-3-6-13(17)14-7-4-9-20-14/h4,7,9-10,13H,2-3,5-6,8H2,1H3/t13-/m0/s1. The molecule has 0 aromatic carbocycles. The van der Waals surface area contributed by atoms with Gasteiger partial charge in [-0.2, -0.15) is 0 Å². The SMILES string of the molecule is CCCc1cc(C(=O)N2CCC[C@H]2c2cccs2)no1. The van der Waals surface area contributed by atoms with Crippen LogP contribution < -0.4 is 0 Å². The Morgan fingerprint density at radius 1 is 1.60 bits per heavy atom. The third-order valence-corrected chi connectivity index (χ3v) is 4.63. The van der Waals surface area contributed by atoms with Crippen molar-refractivity contribution in [1.29, 1.82) is 0 Å². The summed E-state index contributed by atoms with van der Waals surface area (Å²) < 4.78 is 5.22. The lowest BCUT2D eigenvalue weighted by Gasteiger charge is -2.22. The highest BCUT2D eigenvalue weighted by atomic mass is 32.1. The smallest absolute Gasteiger partial charge is 0.276 e. The van der Waals surface area contributed by atoms with Gasteiger partial charge in [-0.1, -0.05) is 18.1 Å². The molecule has 106 valence electrons. The topological polar surface area (TPSA) is 46.3 Å². The molecule has 0 bridgehead atoms. The van der Waals surface area contributed by atoms with Gasteiger partial charge in [-0.25, -0.2) is 0 Å². The number of hydrogen-bond acceptors (Lipinski definition) is 4. The van der Waals surface area contributed by atoms with Crippen molar-refractivity contribution in [3.63, 3.8) is 0 Å². The number of carbonyl (C=O) groups excluding carboxylic acids is 1. The molecule has 3 rings (SSSR count). The number of aromatic nitrogens is 1. The summed E-state index contributed by atoms with van der Waals surface area (Å²) in [5, 5.41) is 5.99. The molecule has 1 amide bonds. The van der Waals surface area contributed by atoms with Crippen molar-refractivity contribution < 1.29 is 9.32 Å². The highest BCUT2D eigenvalue weighted by Gasteiger charge is 2.32. The van der Waals surface area contributed by atoms with Gasteiger partial charge in [0.25, 0.3) is 5.91 Å². The molecule has 5 heteroatoms. The van der Waals surface area contributed by atoms with Gasteiger partial charge in [0.15, 0.2) is 5.69 Å². The monoisotopic (exact) mass is 290 g/mol. The van der Waals surface area contributed by atoms with E-state index in [9.17, 15) is 4.79 Å². The molecule has 1 atom stereocenters. The van der Waals surface area contributed by atoms with E-state index in [1.54, 1.807) is 17.4 Å². The maximum atomic E-state index is 12.6. The molecule has 20 heavy (non-hydrogen) atoms. The first-order valence-electron chi connectivity index (χ1n) is 7.09. The molecule has 1 aliphatic rings. The predicted molar refractivity (Wildman–Crippen MR) is 77.8 cm³/mol. The Balaban J connectivity index is 1.78. The van der Waals surface area contributed by atoms with Crippen LogP contribution in [0.4, 0.5) is 0 Å². The summed E-state index contributed by atoms with van der Waals surface area (Å²) in [4.78, 5) is 15.8. The largest absolute Gasteiger partial charge is 0.361 e. The van der Waals surface area contributed by atoms with Gasteiger partial charge in [-0.05, 0) is 30.7 Å². The lowest BCUT2D eigenvalue weighted by Crippen LogP contribution is -2.30. The van der Waals surface area contributed by atoms with Gasteiger partial charge < -0.3 is 9.42 Å². The Morgan fingerprint density at radius 2 is 2.50 bits per heavy atom. The third kappa shape index (κ3) is 2.50. The highest BCUT2D eigenvalue weighted by Crippen LogP contribution is 2.35. The summed E-state index contributed by atoms with van der Waals surface area (Å²) >= 11 is 1.71. The maximum absolute atomic E-state index is 12.6. The number of carbonyl (C=O) groups is 1. The van der Waals surface area contributed by atoms with Crippen LogP contribution in [0.2, 0.25) is 0 Å². The summed E-state index contributed by atoms with van der Waals surface area (Å²) in [5.41, 5.74) is 0.442. The molecule has 0 saturated carbocycles. The average molecular weight is 290 g/mol. The van der Waals surface area contributed by atoms with Gasteiger partial charge in [0.2, 0.25) is 0 Å². The molecule has 4 nitrogen and oxygen atoms in total. The minimum Gasteiger partial charge on any atom is -0.361 e. The number of rotatable bonds is 4. The fraction of sp³-hybridized carbons (Fsp3) is 0.467. The van der Waals surface area contributed by atoms with E-state index >= 15 is 0 Å². The van der Waals surface area contributed by atoms with Crippen LogP contribution in [0.3, 0.4) is 0 Å². The van der Waals surface area contributed by atoms with Crippen LogP contribution in [0, 0.1) is 0 Å². The van der Waals surface area contributed by atoms with Crippen LogP contribution in [0.1, 0.15) is 53.4 Å². The number of likely N-dealkylation sites (tertiary alicyclic amines) is 1. The quantitative estimate of drug-likeness (QED) is 0.863. The molecule has 0 radical (unpaired) electrons. The molecule has 0 spiro atoms. The van der Waals surface area contributed by atoms with E-state index in [0.717, 1.165) is 38.0 Å². The minimum atomic E-state index is -0.00740. The summed E-state index contributed by atoms with van der Waals surface area (Å²) in [5.74, 6) is 0.787. The maximum Gasteiger partial charge on any atom is 0.276 e. The molecule has 0 N–H and O–H groups in total. The van der Waals surface area contributed by atoms with E-state index in [1.807, 2.05) is 11.0 Å². The number of thiophene rings is 1. The fourth-order valence-electron chi connectivity index (χ4n) is 2.71. The van der Waals surface area contributed by atoms with E-state index in [0.29, 0.717) is 5.69 Å². The number of amides is 1. The van der Waals surface area contributed by atoms with Gasteiger partial charge in [0, 0.05) is 23.9 Å². The highest BCUT2D eigenvalue weighted by molar-refractivity contribution is 7.10. The molecular formula is C15H18N2O2S. The second-order valence-corrected chi connectivity index (χ2v) is 6.08.